The van der Waals surface area contributed by atoms with E-state index in [4.69, 9.17) is 21.7 Å². The van der Waals surface area contributed by atoms with Gasteiger partial charge in [-0.15, -0.1) is 0 Å². The molecule has 0 bridgehead atoms. The van der Waals surface area contributed by atoms with Crippen molar-refractivity contribution in [3.63, 3.8) is 0 Å². The lowest BCUT2D eigenvalue weighted by atomic mass is 10.0. The van der Waals surface area contributed by atoms with E-state index in [0.717, 1.165) is 36.3 Å². The maximum atomic E-state index is 12.0. The highest BCUT2D eigenvalue weighted by molar-refractivity contribution is 7.80. The fraction of sp³-hybridized carbons (Fsp3) is 0.364. The number of hydrogen-bond acceptors (Lipinski definition) is 4. The van der Waals surface area contributed by atoms with Crippen LogP contribution in [0.15, 0.2) is 42.5 Å². The molecule has 1 heterocycles. The van der Waals surface area contributed by atoms with Crippen LogP contribution < -0.4 is 25.0 Å². The van der Waals surface area contributed by atoms with Gasteiger partial charge < -0.3 is 25.0 Å². The minimum Gasteiger partial charge on any atom is -0.493 e. The number of hydrogen-bond donors (Lipinski definition) is 2. The first-order valence-electron chi connectivity index (χ1n) is 9.75. The summed E-state index contributed by atoms with van der Waals surface area (Å²) in [5.41, 5.74) is 2.81. The summed E-state index contributed by atoms with van der Waals surface area (Å²) in [5.74, 6) is 1.55. The highest BCUT2D eigenvalue weighted by Crippen LogP contribution is 2.31. The Morgan fingerprint density at radius 1 is 1.17 bits per heavy atom. The maximum absolute atomic E-state index is 12.0. The van der Waals surface area contributed by atoms with Crippen LogP contribution in [0.1, 0.15) is 37.8 Å². The number of methoxy groups -OCH3 is 2. The summed E-state index contributed by atoms with van der Waals surface area (Å²) >= 11 is 5.53. The predicted molar refractivity (Wildman–Crippen MR) is 120 cm³/mol. The first-order valence-corrected chi connectivity index (χ1v) is 10.2. The monoisotopic (exact) mass is 413 g/mol. The smallest absolute Gasteiger partial charge is 0.227 e. The summed E-state index contributed by atoms with van der Waals surface area (Å²) in [6.07, 6.45) is 2.36. The lowest BCUT2D eigenvalue weighted by molar-refractivity contribution is -0.117. The number of nitrogens with one attached hydrogen (secondary N) is 2. The molecule has 1 atom stereocenters. The molecular weight excluding hydrogens is 386 g/mol. The zero-order valence-electron chi connectivity index (χ0n) is 17.0. The van der Waals surface area contributed by atoms with Crippen LogP contribution in [0.3, 0.4) is 0 Å². The third kappa shape index (κ3) is 4.98. The van der Waals surface area contributed by atoms with Crippen molar-refractivity contribution in [3.05, 3.63) is 48.0 Å². The van der Waals surface area contributed by atoms with Gasteiger partial charge in [0.25, 0.3) is 0 Å². The van der Waals surface area contributed by atoms with E-state index in [0.29, 0.717) is 23.0 Å². The van der Waals surface area contributed by atoms with Gasteiger partial charge in [-0.2, -0.15) is 0 Å². The highest BCUT2D eigenvalue weighted by atomic mass is 32.1. The largest absolute Gasteiger partial charge is 0.493 e. The average molecular weight is 414 g/mol. The Hall–Kier alpha value is -2.80. The van der Waals surface area contributed by atoms with Crippen LogP contribution in [0.25, 0.3) is 0 Å². The zero-order chi connectivity index (χ0) is 20.8. The van der Waals surface area contributed by atoms with E-state index in [1.807, 2.05) is 47.4 Å². The number of carbonyl (C=O) groups is 1. The second kappa shape index (κ2) is 9.60. The summed E-state index contributed by atoms with van der Waals surface area (Å²) in [7, 11) is 3.25. The van der Waals surface area contributed by atoms with Gasteiger partial charge in [0.1, 0.15) is 0 Å². The molecule has 1 aliphatic rings. The fourth-order valence-corrected chi connectivity index (χ4v) is 3.75. The second-order valence-electron chi connectivity index (χ2n) is 6.87. The molecule has 1 aliphatic heterocycles. The van der Waals surface area contributed by atoms with Gasteiger partial charge in [-0.1, -0.05) is 19.1 Å². The lowest BCUT2D eigenvalue weighted by Crippen LogP contribution is -2.32. The van der Waals surface area contributed by atoms with Gasteiger partial charge in [-0.25, -0.2) is 0 Å². The van der Waals surface area contributed by atoms with Crippen molar-refractivity contribution >= 4 is 34.6 Å². The molecule has 1 saturated heterocycles. The van der Waals surface area contributed by atoms with E-state index in [1.54, 1.807) is 14.2 Å². The Labute approximate surface area is 177 Å². The van der Waals surface area contributed by atoms with Crippen LogP contribution in [0, 0.1) is 0 Å². The predicted octanol–water partition coefficient (Wildman–Crippen LogP) is 4.27. The number of benzene rings is 2. The fourth-order valence-electron chi connectivity index (χ4n) is 3.49. The van der Waals surface area contributed by atoms with E-state index in [9.17, 15) is 4.79 Å². The molecule has 0 spiro atoms. The molecule has 7 heteroatoms. The Morgan fingerprint density at radius 3 is 2.62 bits per heavy atom. The average Bonchev–Trinajstić information content (AvgIpc) is 3.17. The Balaban J connectivity index is 1.68. The normalized spacial score (nSPS) is 14.4. The molecular formula is C22H27N3O3S. The van der Waals surface area contributed by atoms with Crippen molar-refractivity contribution in [3.8, 4) is 11.5 Å². The quantitative estimate of drug-likeness (QED) is 0.661. The van der Waals surface area contributed by atoms with Crippen molar-refractivity contribution in [2.45, 2.75) is 32.2 Å². The van der Waals surface area contributed by atoms with Gasteiger partial charge in [-0.3, -0.25) is 4.79 Å². The van der Waals surface area contributed by atoms with Gasteiger partial charge in [0, 0.05) is 24.3 Å². The van der Waals surface area contributed by atoms with Crippen LogP contribution in [0.5, 0.6) is 11.5 Å². The van der Waals surface area contributed by atoms with Gasteiger partial charge in [0.2, 0.25) is 5.91 Å². The van der Waals surface area contributed by atoms with E-state index in [1.165, 1.54) is 0 Å². The molecule has 6 nitrogen and oxygen atoms in total. The summed E-state index contributed by atoms with van der Waals surface area (Å²) in [6, 6.07) is 13.7. The molecule has 0 unspecified atom stereocenters. The number of ether oxygens (including phenoxy) is 2. The van der Waals surface area contributed by atoms with Gasteiger partial charge in [0.05, 0.1) is 20.3 Å². The maximum Gasteiger partial charge on any atom is 0.227 e. The number of nitrogens with zero attached hydrogens (tertiary/aromatic N) is 1. The minimum atomic E-state index is 0.0261. The number of rotatable bonds is 7. The third-order valence-corrected chi connectivity index (χ3v) is 5.23. The first-order chi connectivity index (χ1) is 14.0. The molecule has 0 aliphatic carbocycles. The van der Waals surface area contributed by atoms with Crippen LogP contribution in [-0.2, 0) is 4.79 Å². The number of thiocarbonyl (C=S) groups is 1. The molecule has 2 aromatic carbocycles. The highest BCUT2D eigenvalue weighted by Gasteiger charge is 2.22. The summed E-state index contributed by atoms with van der Waals surface area (Å²) in [4.78, 5) is 13.8. The third-order valence-electron chi connectivity index (χ3n) is 5.01. The van der Waals surface area contributed by atoms with Crippen molar-refractivity contribution in [2.75, 3.05) is 31.0 Å². The Kier molecular flexibility index (Phi) is 6.93. The van der Waals surface area contributed by atoms with Crippen molar-refractivity contribution < 1.29 is 14.3 Å². The van der Waals surface area contributed by atoms with E-state index >= 15 is 0 Å². The van der Waals surface area contributed by atoms with Gasteiger partial charge in [0.15, 0.2) is 16.6 Å². The molecule has 2 N–H and O–H groups in total. The van der Waals surface area contributed by atoms with Crippen LogP contribution in [0.4, 0.5) is 11.4 Å². The van der Waals surface area contributed by atoms with Crippen molar-refractivity contribution in [2.24, 2.45) is 0 Å². The summed E-state index contributed by atoms with van der Waals surface area (Å²) in [6.45, 7) is 2.86. The molecule has 3 rings (SSSR count). The molecule has 0 aromatic heterocycles. The summed E-state index contributed by atoms with van der Waals surface area (Å²) < 4.78 is 10.7. The van der Waals surface area contributed by atoms with E-state index < -0.39 is 0 Å². The lowest BCUT2D eigenvalue weighted by Gasteiger charge is -2.22. The van der Waals surface area contributed by atoms with Crippen molar-refractivity contribution in [1.29, 1.82) is 0 Å². The molecule has 2 aromatic rings. The number of amides is 1. The molecule has 0 saturated carbocycles. The molecule has 0 radical (unpaired) electrons. The number of anilines is 2. The van der Waals surface area contributed by atoms with Crippen LogP contribution in [0.2, 0.25) is 0 Å². The van der Waals surface area contributed by atoms with Gasteiger partial charge >= 0.3 is 0 Å². The van der Waals surface area contributed by atoms with E-state index in [2.05, 4.69) is 17.6 Å². The molecule has 154 valence electrons. The van der Waals surface area contributed by atoms with Crippen molar-refractivity contribution in [1.82, 2.24) is 5.32 Å². The molecule has 1 fully saturated rings. The zero-order valence-corrected chi connectivity index (χ0v) is 17.8. The Morgan fingerprint density at radius 2 is 1.97 bits per heavy atom. The molecule has 29 heavy (non-hydrogen) atoms. The summed E-state index contributed by atoms with van der Waals surface area (Å²) in [5, 5.41) is 7.12. The SMILES string of the molecule is CC[C@H](NC(=S)Nc1cccc(N2CCCC2=O)c1)c1ccc(OC)c(OC)c1. The number of carbonyl (C=O) groups excluding carboxylic acids is 1. The Bertz CT molecular complexity index is 887. The topological polar surface area (TPSA) is 62.8 Å². The van der Waals surface area contributed by atoms with Crippen LogP contribution in [-0.4, -0.2) is 31.8 Å². The standard InChI is InChI=1S/C22H27N3O3S/c1-4-18(15-10-11-19(27-2)20(13-15)28-3)24-22(29)23-16-7-5-8-17(14-16)25-12-6-9-21(25)26/h5,7-8,10-11,13-14,18H,4,6,9,12H2,1-3H3,(H2,23,24,29)/t18-/m0/s1. The van der Waals surface area contributed by atoms with Gasteiger partial charge in [-0.05, 0) is 61.0 Å². The van der Waals surface area contributed by atoms with Crippen LogP contribution >= 0.6 is 12.2 Å². The van der Waals surface area contributed by atoms with E-state index in [-0.39, 0.29) is 11.9 Å². The minimum absolute atomic E-state index is 0.0261. The second-order valence-corrected chi connectivity index (χ2v) is 7.28. The molecule has 1 amide bonds. The first kappa shape index (κ1) is 20.9.